The highest BCUT2D eigenvalue weighted by atomic mass is 19.1. The van der Waals surface area contributed by atoms with E-state index in [1.165, 1.54) is 34.1 Å². The molecule has 0 saturated heterocycles. The quantitative estimate of drug-likeness (QED) is 0.177. The monoisotopic (exact) mass is 686 g/mol. The third-order valence-corrected chi connectivity index (χ3v) is 7.25. The number of ether oxygens (including phenoxy) is 2. The van der Waals surface area contributed by atoms with Crippen molar-refractivity contribution in [2.24, 2.45) is 0 Å². The fraction of sp³-hybridized carbons (Fsp3) is 0.289. The Morgan fingerprint density at radius 3 is 1.86 bits per heavy atom. The summed E-state index contributed by atoms with van der Waals surface area (Å²) in [6.07, 6.45) is -0.316. The Bertz CT molecular complexity index is 2000. The molecule has 0 unspecified atom stereocenters. The van der Waals surface area contributed by atoms with E-state index in [1.807, 2.05) is 71.9 Å². The van der Waals surface area contributed by atoms with Crippen molar-refractivity contribution in [1.82, 2.24) is 9.55 Å². The molecule has 4 aromatic carbocycles. The number of nitrogens with two attached hydrogens (primary N) is 2. The van der Waals surface area contributed by atoms with Crippen molar-refractivity contribution in [2.45, 2.75) is 59.2 Å². The fourth-order valence-corrected chi connectivity index (χ4v) is 4.88. The molecule has 5 aromatic rings. The number of aromatic nitrogens is 2. The van der Waals surface area contributed by atoms with Gasteiger partial charge < -0.3 is 20.9 Å². The molecule has 50 heavy (non-hydrogen) atoms. The van der Waals surface area contributed by atoms with Crippen LogP contribution in [0.5, 0.6) is 0 Å². The van der Waals surface area contributed by atoms with Crippen molar-refractivity contribution >= 4 is 46.2 Å². The van der Waals surface area contributed by atoms with Gasteiger partial charge in [0.2, 0.25) is 5.95 Å². The lowest BCUT2D eigenvalue weighted by Crippen LogP contribution is -2.34. The van der Waals surface area contributed by atoms with Crippen LogP contribution in [0, 0.1) is 11.6 Å². The summed E-state index contributed by atoms with van der Waals surface area (Å²) in [4.78, 5) is 31.5. The van der Waals surface area contributed by atoms with Crippen molar-refractivity contribution in [1.29, 1.82) is 0 Å². The number of benzene rings is 4. The van der Waals surface area contributed by atoms with E-state index in [9.17, 15) is 18.4 Å². The minimum atomic E-state index is -0.585. The first-order valence-electron chi connectivity index (χ1n) is 15.9. The second kappa shape index (κ2) is 14.9. The van der Waals surface area contributed by atoms with E-state index >= 15 is 0 Å². The van der Waals surface area contributed by atoms with Gasteiger partial charge in [-0.25, -0.2) is 23.4 Å². The van der Waals surface area contributed by atoms with Gasteiger partial charge in [0.05, 0.1) is 16.7 Å². The molecule has 2 amide bonds. The molecule has 0 bridgehead atoms. The maximum atomic E-state index is 13.4. The summed E-state index contributed by atoms with van der Waals surface area (Å²) in [7, 11) is 3.30. The molecular weight excluding hydrogens is 642 g/mol. The largest absolute Gasteiger partial charge is 0.443 e. The summed E-state index contributed by atoms with van der Waals surface area (Å²) < 4.78 is 39.0. The number of halogens is 2. The van der Waals surface area contributed by atoms with Crippen LogP contribution in [-0.4, -0.2) is 47.0 Å². The third-order valence-electron chi connectivity index (χ3n) is 7.25. The van der Waals surface area contributed by atoms with Gasteiger partial charge in [0.1, 0.15) is 22.8 Å². The Hall–Kier alpha value is -5.65. The number of carbonyl (C=O) groups excluding carboxylic acids is 2. The standard InChI is InChI=1S/C19H21FN4O2.C19H23FN2O2/c1-19(2,3)26-18(25)23(4)13-6-5-7-14(11-13)24-16-9-8-12(20)10-15(16)22-17(24)21;1-19(2,3)24-18(23)22(4)16-7-5-6-13(11-16)10-14-8-9-15(20)12-17(14)21/h5-11H,1-4H3,(H2,21,22);5-9,11-12H,10,21H2,1-4H3. The van der Waals surface area contributed by atoms with Crippen LogP contribution in [0.1, 0.15) is 52.7 Å². The molecule has 0 aliphatic carbocycles. The van der Waals surface area contributed by atoms with Gasteiger partial charge in [0.15, 0.2) is 0 Å². The lowest BCUT2D eigenvalue weighted by Gasteiger charge is -2.25. The Labute approximate surface area is 291 Å². The summed E-state index contributed by atoms with van der Waals surface area (Å²) in [5.74, 6) is -0.488. The van der Waals surface area contributed by atoms with Gasteiger partial charge in [-0.2, -0.15) is 0 Å². The molecule has 10 nitrogen and oxygen atoms in total. The SMILES string of the molecule is CN(C(=O)OC(C)(C)C)c1cccc(-n2c(N)nc3cc(F)ccc32)c1.CN(C(=O)OC(C)(C)C)c1cccc(Cc2ccc(F)cc2N)c1. The number of anilines is 4. The van der Waals surface area contributed by atoms with E-state index in [4.69, 9.17) is 20.9 Å². The number of hydrogen-bond acceptors (Lipinski definition) is 7. The summed E-state index contributed by atoms with van der Waals surface area (Å²) in [6, 6.07) is 23.5. The van der Waals surface area contributed by atoms with E-state index in [1.54, 1.807) is 49.0 Å². The summed E-state index contributed by atoms with van der Waals surface area (Å²) >= 11 is 0. The lowest BCUT2D eigenvalue weighted by atomic mass is 10.0. The predicted molar refractivity (Wildman–Crippen MR) is 195 cm³/mol. The Balaban J connectivity index is 0.000000226. The smallest absolute Gasteiger partial charge is 0.414 e. The normalized spacial score (nSPS) is 11.4. The summed E-state index contributed by atoms with van der Waals surface area (Å²) in [5.41, 5.74) is 16.2. The van der Waals surface area contributed by atoms with Crippen LogP contribution in [0.3, 0.4) is 0 Å². The Kier molecular flexibility index (Phi) is 11.0. The van der Waals surface area contributed by atoms with Crippen molar-refractivity contribution in [3.05, 3.63) is 108 Å². The maximum Gasteiger partial charge on any atom is 0.414 e. The van der Waals surface area contributed by atoms with Gasteiger partial charge in [-0.05, 0) is 114 Å². The molecule has 0 aliphatic rings. The number of nitrogen functional groups attached to an aromatic ring is 2. The van der Waals surface area contributed by atoms with Gasteiger partial charge in [-0.1, -0.05) is 24.3 Å². The zero-order valence-corrected chi connectivity index (χ0v) is 29.6. The number of imidazole rings is 1. The third kappa shape index (κ3) is 9.71. The first-order chi connectivity index (χ1) is 23.3. The molecule has 0 radical (unpaired) electrons. The molecule has 264 valence electrons. The minimum Gasteiger partial charge on any atom is -0.443 e. The van der Waals surface area contributed by atoms with Crippen LogP contribution in [0.25, 0.3) is 16.7 Å². The van der Waals surface area contributed by atoms with E-state index < -0.39 is 23.4 Å². The minimum absolute atomic E-state index is 0.239. The van der Waals surface area contributed by atoms with E-state index in [2.05, 4.69) is 4.98 Å². The molecule has 1 heterocycles. The molecular formula is C38H44F2N6O4. The number of rotatable bonds is 5. The lowest BCUT2D eigenvalue weighted by molar-refractivity contribution is 0.0578. The maximum absolute atomic E-state index is 13.4. The van der Waals surface area contributed by atoms with Crippen molar-refractivity contribution in [2.75, 3.05) is 35.4 Å². The second-order valence-electron chi connectivity index (χ2n) is 13.7. The number of carbonyl (C=O) groups is 2. The van der Waals surface area contributed by atoms with Crippen LogP contribution in [0.4, 0.5) is 41.4 Å². The number of hydrogen-bond donors (Lipinski definition) is 2. The molecule has 0 spiro atoms. The molecule has 0 saturated carbocycles. The number of nitrogens with zero attached hydrogens (tertiary/aromatic N) is 4. The fourth-order valence-electron chi connectivity index (χ4n) is 4.88. The predicted octanol–water partition coefficient (Wildman–Crippen LogP) is 8.49. The summed E-state index contributed by atoms with van der Waals surface area (Å²) in [6.45, 7) is 10.9. The van der Waals surface area contributed by atoms with Gasteiger partial charge in [0, 0.05) is 37.2 Å². The van der Waals surface area contributed by atoms with Gasteiger partial charge in [0.25, 0.3) is 0 Å². The molecule has 0 atom stereocenters. The van der Waals surface area contributed by atoms with Crippen molar-refractivity contribution < 1.29 is 27.8 Å². The van der Waals surface area contributed by atoms with Crippen LogP contribution in [0.2, 0.25) is 0 Å². The zero-order chi connectivity index (χ0) is 37.0. The Morgan fingerprint density at radius 2 is 1.28 bits per heavy atom. The molecule has 12 heteroatoms. The van der Waals surface area contributed by atoms with Gasteiger partial charge in [-0.15, -0.1) is 0 Å². The van der Waals surface area contributed by atoms with Crippen molar-refractivity contribution in [3.63, 3.8) is 0 Å². The topological polar surface area (TPSA) is 129 Å². The molecule has 5 rings (SSSR count). The average Bonchev–Trinajstić information content (AvgIpc) is 3.35. The van der Waals surface area contributed by atoms with Crippen molar-refractivity contribution in [3.8, 4) is 5.69 Å². The average molecular weight is 687 g/mol. The highest BCUT2D eigenvalue weighted by molar-refractivity contribution is 5.88. The first-order valence-corrected chi connectivity index (χ1v) is 15.9. The van der Waals surface area contributed by atoms with Crippen LogP contribution >= 0.6 is 0 Å². The van der Waals surface area contributed by atoms with Crippen LogP contribution in [-0.2, 0) is 15.9 Å². The first kappa shape index (κ1) is 37.2. The highest BCUT2D eigenvalue weighted by Crippen LogP contribution is 2.27. The van der Waals surface area contributed by atoms with E-state index in [0.717, 1.165) is 16.8 Å². The molecule has 4 N–H and O–H groups in total. The van der Waals surface area contributed by atoms with E-state index in [-0.39, 0.29) is 17.6 Å². The summed E-state index contributed by atoms with van der Waals surface area (Å²) in [5, 5.41) is 0. The van der Waals surface area contributed by atoms with Crippen LogP contribution < -0.4 is 21.3 Å². The molecule has 1 aromatic heterocycles. The zero-order valence-electron chi connectivity index (χ0n) is 29.6. The Morgan fingerprint density at radius 1 is 0.740 bits per heavy atom. The number of amides is 2. The highest BCUT2D eigenvalue weighted by Gasteiger charge is 2.22. The van der Waals surface area contributed by atoms with E-state index in [0.29, 0.717) is 34.5 Å². The molecule has 0 fully saturated rings. The van der Waals surface area contributed by atoms with Crippen LogP contribution in [0.15, 0.2) is 84.9 Å². The van der Waals surface area contributed by atoms with Gasteiger partial charge in [-0.3, -0.25) is 14.4 Å². The number of fused-ring (bicyclic) bond motifs is 1. The van der Waals surface area contributed by atoms with Gasteiger partial charge >= 0.3 is 12.2 Å². The molecule has 0 aliphatic heterocycles. The second-order valence-corrected chi connectivity index (χ2v) is 13.7.